The summed E-state index contributed by atoms with van der Waals surface area (Å²) in [4.78, 5) is 0.366. The number of hydrogen-bond acceptors (Lipinski definition) is 3. The van der Waals surface area contributed by atoms with E-state index in [-0.39, 0.29) is 6.04 Å². The van der Waals surface area contributed by atoms with Crippen molar-refractivity contribution >= 4 is 10.0 Å². The second kappa shape index (κ2) is 5.38. The van der Waals surface area contributed by atoms with E-state index >= 15 is 0 Å². The van der Waals surface area contributed by atoms with Crippen molar-refractivity contribution in [2.24, 2.45) is 0 Å². The van der Waals surface area contributed by atoms with E-state index in [1.807, 2.05) is 19.9 Å². The number of nitrogens with one attached hydrogen (secondary N) is 2. The van der Waals surface area contributed by atoms with Crippen LogP contribution >= 0.6 is 0 Å². The third-order valence-electron chi connectivity index (χ3n) is 3.12. The number of hydrogen-bond donors (Lipinski definition) is 2. The fourth-order valence-electron chi connectivity index (χ4n) is 2.33. The monoisotopic (exact) mass is 268 g/mol. The number of benzene rings is 1. The van der Waals surface area contributed by atoms with Gasteiger partial charge in [-0.25, -0.2) is 13.1 Å². The summed E-state index contributed by atoms with van der Waals surface area (Å²) in [6, 6.07) is 5.41. The van der Waals surface area contributed by atoms with Crippen LogP contribution in [0.15, 0.2) is 23.1 Å². The first-order chi connectivity index (χ1) is 8.47. The quantitative estimate of drug-likeness (QED) is 0.869. The summed E-state index contributed by atoms with van der Waals surface area (Å²) in [5, 5.41) is 3.20. The highest BCUT2D eigenvalue weighted by Crippen LogP contribution is 2.15. The molecule has 5 heteroatoms. The molecule has 2 N–H and O–H groups in total. The lowest BCUT2D eigenvalue weighted by molar-refractivity contribution is 0.428. The second-order valence-corrected chi connectivity index (χ2v) is 6.70. The molecule has 1 aromatic rings. The highest BCUT2D eigenvalue weighted by molar-refractivity contribution is 7.89. The summed E-state index contributed by atoms with van der Waals surface area (Å²) in [5.74, 6) is 0. The average molecular weight is 268 g/mol. The van der Waals surface area contributed by atoms with Crippen LogP contribution in [-0.4, -0.2) is 27.5 Å². The lowest BCUT2D eigenvalue weighted by Gasteiger charge is -2.23. The van der Waals surface area contributed by atoms with Crippen molar-refractivity contribution in [3.05, 3.63) is 29.3 Å². The molecular weight excluding hydrogens is 248 g/mol. The molecule has 0 saturated carbocycles. The number of rotatable bonds is 3. The first-order valence-corrected chi connectivity index (χ1v) is 7.77. The number of piperidine rings is 1. The summed E-state index contributed by atoms with van der Waals surface area (Å²) in [5.41, 5.74) is 1.94. The Labute approximate surface area is 109 Å². The smallest absolute Gasteiger partial charge is 0.240 e. The standard InChI is InChI=1S/C13H20N2O2S/c1-10-6-11(2)8-13(7-10)18(16,17)15-12-4-3-5-14-9-12/h6-8,12,14-15H,3-5,9H2,1-2H3. The van der Waals surface area contributed by atoms with Gasteiger partial charge in [0.2, 0.25) is 10.0 Å². The van der Waals surface area contributed by atoms with Gasteiger partial charge in [0.05, 0.1) is 4.90 Å². The normalized spacial score (nSPS) is 20.9. The van der Waals surface area contributed by atoms with Gasteiger partial charge < -0.3 is 5.32 Å². The van der Waals surface area contributed by atoms with Gasteiger partial charge in [0.15, 0.2) is 0 Å². The lowest BCUT2D eigenvalue weighted by Crippen LogP contribution is -2.45. The summed E-state index contributed by atoms with van der Waals surface area (Å²) < 4.78 is 27.3. The van der Waals surface area contributed by atoms with Crippen LogP contribution in [0.4, 0.5) is 0 Å². The minimum atomic E-state index is -3.39. The molecule has 0 spiro atoms. The first-order valence-electron chi connectivity index (χ1n) is 6.29. The molecule has 18 heavy (non-hydrogen) atoms. The van der Waals surface area contributed by atoms with E-state index in [9.17, 15) is 8.42 Å². The Kier molecular flexibility index (Phi) is 4.04. The van der Waals surface area contributed by atoms with Gasteiger partial charge >= 0.3 is 0 Å². The summed E-state index contributed by atoms with van der Waals surface area (Å²) in [7, 11) is -3.39. The Balaban J connectivity index is 2.19. The maximum absolute atomic E-state index is 12.3. The predicted octanol–water partition coefficient (Wildman–Crippen LogP) is 1.33. The molecule has 1 aliphatic rings. The Morgan fingerprint density at radius 1 is 1.22 bits per heavy atom. The molecule has 1 fully saturated rings. The zero-order valence-corrected chi connectivity index (χ0v) is 11.7. The van der Waals surface area contributed by atoms with E-state index in [1.165, 1.54) is 0 Å². The van der Waals surface area contributed by atoms with Crippen molar-refractivity contribution in [1.82, 2.24) is 10.0 Å². The van der Waals surface area contributed by atoms with Crippen LogP contribution in [0.25, 0.3) is 0 Å². The minimum Gasteiger partial charge on any atom is -0.315 e. The Bertz CT molecular complexity index is 500. The molecule has 1 aromatic carbocycles. The third-order valence-corrected chi connectivity index (χ3v) is 4.62. The van der Waals surface area contributed by atoms with Crippen molar-refractivity contribution in [3.63, 3.8) is 0 Å². The Morgan fingerprint density at radius 2 is 1.89 bits per heavy atom. The zero-order valence-electron chi connectivity index (χ0n) is 10.9. The summed E-state index contributed by atoms with van der Waals surface area (Å²) in [6.07, 6.45) is 1.91. The van der Waals surface area contributed by atoms with Crippen LogP contribution in [0.1, 0.15) is 24.0 Å². The molecule has 2 rings (SSSR count). The number of aryl methyl sites for hydroxylation is 2. The second-order valence-electron chi connectivity index (χ2n) is 4.99. The van der Waals surface area contributed by atoms with Crippen molar-refractivity contribution < 1.29 is 8.42 Å². The fourth-order valence-corrected chi connectivity index (χ4v) is 3.79. The molecule has 1 heterocycles. The van der Waals surface area contributed by atoms with Crippen molar-refractivity contribution in [1.29, 1.82) is 0 Å². The van der Waals surface area contributed by atoms with E-state index in [2.05, 4.69) is 10.0 Å². The van der Waals surface area contributed by atoms with Gasteiger partial charge in [-0.2, -0.15) is 0 Å². The van der Waals surface area contributed by atoms with Crippen LogP contribution in [-0.2, 0) is 10.0 Å². The van der Waals surface area contributed by atoms with E-state index in [0.717, 1.165) is 30.5 Å². The Morgan fingerprint density at radius 3 is 2.44 bits per heavy atom. The van der Waals surface area contributed by atoms with Crippen LogP contribution < -0.4 is 10.0 Å². The predicted molar refractivity (Wildman–Crippen MR) is 72.1 cm³/mol. The molecule has 0 amide bonds. The highest BCUT2D eigenvalue weighted by Gasteiger charge is 2.21. The van der Waals surface area contributed by atoms with Gasteiger partial charge in [0, 0.05) is 12.6 Å². The summed E-state index contributed by atoms with van der Waals surface area (Å²) >= 11 is 0. The molecule has 0 aromatic heterocycles. The maximum atomic E-state index is 12.3. The molecular formula is C13H20N2O2S. The summed E-state index contributed by atoms with van der Waals surface area (Å²) in [6.45, 7) is 5.51. The zero-order chi connectivity index (χ0) is 13.2. The third kappa shape index (κ3) is 3.31. The van der Waals surface area contributed by atoms with Gasteiger partial charge in [-0.3, -0.25) is 0 Å². The van der Waals surface area contributed by atoms with E-state index < -0.39 is 10.0 Å². The van der Waals surface area contributed by atoms with Gasteiger partial charge in [-0.15, -0.1) is 0 Å². The minimum absolute atomic E-state index is 0.00423. The van der Waals surface area contributed by atoms with Gasteiger partial charge in [0.25, 0.3) is 0 Å². The molecule has 1 saturated heterocycles. The lowest BCUT2D eigenvalue weighted by atomic mass is 10.1. The average Bonchev–Trinajstić information content (AvgIpc) is 2.28. The van der Waals surface area contributed by atoms with Crippen molar-refractivity contribution in [3.8, 4) is 0 Å². The van der Waals surface area contributed by atoms with E-state index in [1.54, 1.807) is 12.1 Å². The largest absolute Gasteiger partial charge is 0.315 e. The van der Waals surface area contributed by atoms with Crippen LogP contribution in [0.2, 0.25) is 0 Å². The van der Waals surface area contributed by atoms with Gasteiger partial charge in [-0.05, 0) is 56.5 Å². The molecule has 4 nitrogen and oxygen atoms in total. The van der Waals surface area contributed by atoms with E-state index in [4.69, 9.17) is 0 Å². The van der Waals surface area contributed by atoms with E-state index in [0.29, 0.717) is 11.4 Å². The fraction of sp³-hybridized carbons (Fsp3) is 0.538. The molecule has 0 aliphatic carbocycles. The van der Waals surface area contributed by atoms with Crippen molar-refractivity contribution in [2.45, 2.75) is 37.6 Å². The SMILES string of the molecule is Cc1cc(C)cc(S(=O)(=O)NC2CCCNC2)c1. The molecule has 1 atom stereocenters. The van der Waals surface area contributed by atoms with Crippen LogP contribution in [0.5, 0.6) is 0 Å². The van der Waals surface area contributed by atoms with Crippen LogP contribution in [0, 0.1) is 13.8 Å². The molecule has 1 aliphatic heterocycles. The topological polar surface area (TPSA) is 58.2 Å². The molecule has 1 unspecified atom stereocenters. The van der Waals surface area contributed by atoms with Crippen LogP contribution in [0.3, 0.4) is 0 Å². The molecule has 0 bridgehead atoms. The Hall–Kier alpha value is -0.910. The first kappa shape index (κ1) is 13.5. The van der Waals surface area contributed by atoms with Gasteiger partial charge in [0.1, 0.15) is 0 Å². The van der Waals surface area contributed by atoms with Crippen molar-refractivity contribution in [2.75, 3.05) is 13.1 Å². The maximum Gasteiger partial charge on any atom is 0.240 e. The molecule has 0 radical (unpaired) electrons. The number of sulfonamides is 1. The van der Waals surface area contributed by atoms with Gasteiger partial charge in [-0.1, -0.05) is 6.07 Å². The highest BCUT2D eigenvalue weighted by atomic mass is 32.2. The molecule has 100 valence electrons.